The molecule has 0 aliphatic heterocycles. The van der Waals surface area contributed by atoms with Crippen LogP contribution in [0.4, 0.5) is 18.9 Å². The highest BCUT2D eigenvalue weighted by atomic mass is 32.2. The number of para-hydroxylation sites is 1. The van der Waals surface area contributed by atoms with Gasteiger partial charge in [0, 0.05) is 0 Å². The van der Waals surface area contributed by atoms with Crippen LogP contribution in [0.15, 0.2) is 77.7 Å². The second-order valence-corrected chi connectivity index (χ2v) is 9.24. The summed E-state index contributed by atoms with van der Waals surface area (Å²) in [5, 5.41) is 2.24. The van der Waals surface area contributed by atoms with Crippen LogP contribution in [0.2, 0.25) is 0 Å². The summed E-state index contributed by atoms with van der Waals surface area (Å²) >= 11 is 0. The largest absolute Gasteiger partial charge is 0.496 e. The van der Waals surface area contributed by atoms with Crippen molar-refractivity contribution in [3.8, 4) is 5.75 Å². The van der Waals surface area contributed by atoms with Crippen molar-refractivity contribution < 1.29 is 31.1 Å². The number of methoxy groups -OCH3 is 1. The number of sulfonamides is 1. The molecule has 3 aromatic rings. The van der Waals surface area contributed by atoms with Crippen molar-refractivity contribution in [2.24, 2.45) is 0 Å². The minimum atomic E-state index is -4.70. The van der Waals surface area contributed by atoms with Crippen molar-refractivity contribution in [2.45, 2.75) is 30.5 Å². The SMILES string of the molecule is COc1ccc(S(=O)(=O)N[C@@H](Cc2ccccc2)C(=O)Nc2ccccc2C(F)(F)F)cc1C. The molecular weight excluding hydrogens is 469 g/mol. The lowest BCUT2D eigenvalue weighted by atomic mass is 10.1. The van der Waals surface area contributed by atoms with E-state index in [1.165, 1.54) is 37.4 Å². The average Bonchev–Trinajstić information content (AvgIpc) is 2.78. The molecule has 6 nitrogen and oxygen atoms in total. The zero-order valence-electron chi connectivity index (χ0n) is 18.4. The molecule has 0 aliphatic carbocycles. The van der Waals surface area contributed by atoms with Crippen molar-refractivity contribution >= 4 is 21.6 Å². The third-order valence-corrected chi connectivity index (χ3v) is 6.53. The van der Waals surface area contributed by atoms with Gasteiger partial charge in [-0.15, -0.1) is 0 Å². The number of carbonyl (C=O) groups is 1. The number of anilines is 1. The Balaban J connectivity index is 1.93. The van der Waals surface area contributed by atoms with Gasteiger partial charge < -0.3 is 10.1 Å². The van der Waals surface area contributed by atoms with Crippen molar-refractivity contribution in [3.63, 3.8) is 0 Å². The third-order valence-electron chi connectivity index (χ3n) is 5.06. The number of halogens is 3. The molecule has 2 N–H and O–H groups in total. The van der Waals surface area contributed by atoms with Gasteiger partial charge >= 0.3 is 6.18 Å². The maximum Gasteiger partial charge on any atom is 0.418 e. The number of nitrogens with one attached hydrogen (secondary N) is 2. The molecule has 10 heteroatoms. The summed E-state index contributed by atoms with van der Waals surface area (Å²) in [6, 6.07) is 15.9. The van der Waals surface area contributed by atoms with Gasteiger partial charge in [-0.25, -0.2) is 8.42 Å². The van der Waals surface area contributed by atoms with E-state index in [1.807, 2.05) is 0 Å². The van der Waals surface area contributed by atoms with Crippen LogP contribution >= 0.6 is 0 Å². The fourth-order valence-electron chi connectivity index (χ4n) is 3.37. The van der Waals surface area contributed by atoms with E-state index in [4.69, 9.17) is 4.74 Å². The van der Waals surface area contributed by atoms with Crippen molar-refractivity contribution in [1.82, 2.24) is 4.72 Å². The topological polar surface area (TPSA) is 84.5 Å². The number of carbonyl (C=O) groups excluding carboxylic acids is 1. The molecule has 0 bridgehead atoms. The van der Waals surface area contributed by atoms with Gasteiger partial charge in [-0.1, -0.05) is 42.5 Å². The molecule has 0 aliphatic rings. The lowest BCUT2D eigenvalue weighted by molar-refractivity contribution is -0.137. The number of hydrogen-bond donors (Lipinski definition) is 2. The van der Waals surface area contributed by atoms with E-state index in [0.717, 1.165) is 12.1 Å². The van der Waals surface area contributed by atoms with E-state index in [1.54, 1.807) is 37.3 Å². The molecule has 180 valence electrons. The first-order valence-corrected chi connectivity index (χ1v) is 11.7. The maximum absolute atomic E-state index is 13.4. The molecule has 1 amide bonds. The predicted molar refractivity (Wildman–Crippen MR) is 122 cm³/mol. The summed E-state index contributed by atoms with van der Waals surface area (Å²) in [5.41, 5.74) is -0.304. The number of aryl methyl sites for hydroxylation is 1. The van der Waals surface area contributed by atoms with E-state index in [9.17, 15) is 26.4 Å². The van der Waals surface area contributed by atoms with Crippen molar-refractivity contribution in [2.75, 3.05) is 12.4 Å². The van der Waals surface area contributed by atoms with Crippen molar-refractivity contribution in [1.29, 1.82) is 0 Å². The Hall–Kier alpha value is -3.37. The fourth-order valence-corrected chi connectivity index (χ4v) is 4.65. The van der Waals surface area contributed by atoms with Crippen LogP contribution < -0.4 is 14.8 Å². The predicted octanol–water partition coefficient (Wildman–Crippen LogP) is 4.55. The second-order valence-electron chi connectivity index (χ2n) is 7.53. The Kier molecular flexibility index (Phi) is 7.63. The quantitative estimate of drug-likeness (QED) is 0.483. The van der Waals surface area contributed by atoms with E-state index in [0.29, 0.717) is 16.9 Å². The van der Waals surface area contributed by atoms with Gasteiger partial charge in [0.25, 0.3) is 0 Å². The number of benzene rings is 3. The molecule has 0 saturated heterocycles. The fraction of sp³-hybridized carbons (Fsp3) is 0.208. The summed E-state index contributed by atoms with van der Waals surface area (Å²) in [5.74, 6) is -0.435. The van der Waals surface area contributed by atoms with Gasteiger partial charge in [0.2, 0.25) is 15.9 Å². The first kappa shape index (κ1) is 25.3. The molecule has 0 unspecified atom stereocenters. The van der Waals surface area contributed by atoms with Gasteiger partial charge in [-0.05, 0) is 54.8 Å². The first-order chi connectivity index (χ1) is 16.0. The molecule has 0 saturated carbocycles. The summed E-state index contributed by atoms with van der Waals surface area (Å²) < 4.78 is 73.7. The normalized spacial score (nSPS) is 12.7. The Morgan fingerprint density at radius 1 is 1.00 bits per heavy atom. The standard InChI is InChI=1S/C24H23F3N2O4S/c1-16-14-18(12-13-22(16)33-2)34(31,32)29-21(15-17-8-4-3-5-9-17)23(30)28-20-11-7-6-10-19(20)24(25,26)27/h3-14,21,29H,15H2,1-2H3,(H,28,30)/t21-/m0/s1. The summed E-state index contributed by atoms with van der Waals surface area (Å²) in [4.78, 5) is 12.9. The molecular formula is C24H23F3N2O4S. The molecule has 0 aromatic heterocycles. The minimum Gasteiger partial charge on any atom is -0.496 e. The smallest absolute Gasteiger partial charge is 0.418 e. The average molecular weight is 493 g/mol. The van der Waals surface area contributed by atoms with Gasteiger partial charge in [0.1, 0.15) is 11.8 Å². The first-order valence-electron chi connectivity index (χ1n) is 10.2. The second kappa shape index (κ2) is 10.3. The molecule has 3 rings (SSSR count). The number of alkyl halides is 3. The monoisotopic (exact) mass is 492 g/mol. The van der Waals surface area contributed by atoms with Gasteiger partial charge in [-0.2, -0.15) is 17.9 Å². The van der Waals surface area contributed by atoms with Crippen molar-refractivity contribution in [3.05, 3.63) is 89.5 Å². The molecule has 0 heterocycles. The van der Waals surface area contributed by atoms with Gasteiger partial charge in [-0.3, -0.25) is 4.79 Å². The van der Waals surface area contributed by atoms with Gasteiger partial charge in [0.05, 0.1) is 23.3 Å². The van der Waals surface area contributed by atoms with E-state index in [-0.39, 0.29) is 11.3 Å². The molecule has 0 radical (unpaired) electrons. The number of amides is 1. The van der Waals surface area contributed by atoms with Crippen LogP contribution in [-0.2, 0) is 27.4 Å². The minimum absolute atomic E-state index is 0.0742. The van der Waals surface area contributed by atoms with Crippen LogP contribution in [0.5, 0.6) is 5.75 Å². The highest BCUT2D eigenvalue weighted by Crippen LogP contribution is 2.34. The maximum atomic E-state index is 13.4. The Bertz CT molecular complexity index is 1260. The summed E-state index contributed by atoms with van der Waals surface area (Å²) in [7, 11) is -2.74. The summed E-state index contributed by atoms with van der Waals surface area (Å²) in [6.45, 7) is 1.67. The third kappa shape index (κ3) is 6.15. The Labute approximate surface area is 195 Å². The zero-order chi connectivity index (χ0) is 24.9. The molecule has 34 heavy (non-hydrogen) atoms. The Morgan fingerprint density at radius 2 is 1.65 bits per heavy atom. The van der Waals surface area contributed by atoms with Crippen LogP contribution in [0.25, 0.3) is 0 Å². The lowest BCUT2D eigenvalue weighted by Gasteiger charge is -2.21. The Morgan fingerprint density at radius 3 is 2.26 bits per heavy atom. The van der Waals surface area contributed by atoms with Gasteiger partial charge in [0.15, 0.2) is 0 Å². The van der Waals surface area contributed by atoms with Crippen LogP contribution in [0.3, 0.4) is 0 Å². The van der Waals surface area contributed by atoms with Crippen LogP contribution in [0, 0.1) is 6.92 Å². The number of rotatable bonds is 8. The van der Waals surface area contributed by atoms with Crippen LogP contribution in [-0.4, -0.2) is 27.5 Å². The number of hydrogen-bond acceptors (Lipinski definition) is 4. The molecule has 0 spiro atoms. The number of ether oxygens (including phenoxy) is 1. The molecule has 1 atom stereocenters. The molecule has 3 aromatic carbocycles. The highest BCUT2D eigenvalue weighted by Gasteiger charge is 2.34. The van der Waals surface area contributed by atoms with E-state index >= 15 is 0 Å². The van der Waals surface area contributed by atoms with Crippen LogP contribution in [0.1, 0.15) is 16.7 Å². The summed E-state index contributed by atoms with van der Waals surface area (Å²) in [6.07, 6.45) is -4.77. The zero-order valence-corrected chi connectivity index (χ0v) is 19.2. The lowest BCUT2D eigenvalue weighted by Crippen LogP contribution is -2.45. The molecule has 0 fully saturated rings. The van der Waals surface area contributed by atoms with E-state index < -0.39 is 39.4 Å². The highest BCUT2D eigenvalue weighted by molar-refractivity contribution is 7.89. The van der Waals surface area contributed by atoms with E-state index in [2.05, 4.69) is 10.0 Å².